The minimum Gasteiger partial charge on any atom is -0.511 e. The monoisotopic (exact) mass is 278 g/mol. The second-order valence-corrected chi connectivity index (χ2v) is 11.3. The topological polar surface area (TPSA) is 20.2 Å². The highest BCUT2D eigenvalue weighted by atomic mass is 35.5. The van der Waals surface area contributed by atoms with Crippen LogP contribution in [0.5, 0.6) is 0 Å². The molecule has 16 heavy (non-hydrogen) atoms. The van der Waals surface area contributed by atoms with Crippen molar-refractivity contribution in [1.82, 2.24) is 0 Å². The lowest BCUT2D eigenvalue weighted by Gasteiger charge is -2.46. The van der Waals surface area contributed by atoms with Gasteiger partial charge in [0.1, 0.15) is 11.1 Å². The molecule has 1 N–H and O–H groups in total. The molecule has 0 aromatic heterocycles. The van der Waals surface area contributed by atoms with Crippen LogP contribution < -0.4 is 0 Å². The Balaban J connectivity index is 3.18. The van der Waals surface area contributed by atoms with Gasteiger partial charge in [0.25, 0.3) is 0 Å². The van der Waals surface area contributed by atoms with Crippen molar-refractivity contribution < 1.29 is 5.11 Å². The second kappa shape index (κ2) is 5.15. The highest BCUT2D eigenvalue weighted by Gasteiger charge is 2.53. The molecule has 1 aliphatic carbocycles. The molecule has 92 valence electrons. The van der Waals surface area contributed by atoms with E-state index in [0.717, 1.165) is 18.1 Å². The van der Waals surface area contributed by atoms with Gasteiger partial charge >= 0.3 is 0 Å². The van der Waals surface area contributed by atoms with Crippen LogP contribution in [0, 0.1) is 0 Å². The summed E-state index contributed by atoms with van der Waals surface area (Å²) in [5.41, 5.74) is 0. The molecule has 0 aromatic carbocycles. The fraction of sp³-hybridized carbons (Fsp3) is 0.667. The van der Waals surface area contributed by atoms with E-state index >= 15 is 0 Å². The van der Waals surface area contributed by atoms with Crippen LogP contribution in [0.15, 0.2) is 24.0 Å². The summed E-state index contributed by atoms with van der Waals surface area (Å²) in [6.07, 6.45) is 5.47. The van der Waals surface area contributed by atoms with Crippen molar-refractivity contribution in [2.75, 3.05) is 0 Å². The summed E-state index contributed by atoms with van der Waals surface area (Å²) in [6, 6.07) is 3.26. The van der Waals surface area contributed by atoms with Gasteiger partial charge in [0.2, 0.25) is 0 Å². The average Bonchev–Trinajstić information content (AvgIpc) is 2.29. The summed E-state index contributed by atoms with van der Waals surface area (Å²) in [6.45, 7) is 6.57. The van der Waals surface area contributed by atoms with Crippen LogP contribution in [0.2, 0.25) is 18.1 Å². The first kappa shape index (κ1) is 14.1. The second-order valence-electron chi connectivity index (χ2n) is 4.42. The van der Waals surface area contributed by atoms with Crippen LogP contribution in [-0.4, -0.2) is 23.1 Å². The van der Waals surface area contributed by atoms with E-state index in [9.17, 15) is 5.11 Å². The van der Waals surface area contributed by atoms with E-state index in [0.29, 0.717) is 0 Å². The number of rotatable bonds is 4. The van der Waals surface area contributed by atoms with Crippen molar-refractivity contribution in [3.05, 3.63) is 24.0 Å². The Labute approximate surface area is 109 Å². The Morgan fingerprint density at radius 1 is 1.31 bits per heavy atom. The summed E-state index contributed by atoms with van der Waals surface area (Å²) in [7, 11) is -1.70. The maximum absolute atomic E-state index is 9.78. The number of aliphatic hydroxyl groups is 1. The number of alkyl halides is 2. The van der Waals surface area contributed by atoms with Crippen molar-refractivity contribution in [2.45, 2.75) is 48.8 Å². The van der Waals surface area contributed by atoms with Crippen molar-refractivity contribution in [1.29, 1.82) is 0 Å². The van der Waals surface area contributed by atoms with Gasteiger partial charge in [0.05, 0.1) is 12.6 Å². The predicted molar refractivity (Wildman–Crippen MR) is 75.3 cm³/mol. The van der Waals surface area contributed by atoms with Crippen LogP contribution in [0.4, 0.5) is 0 Å². The van der Waals surface area contributed by atoms with E-state index in [1.807, 2.05) is 12.2 Å². The van der Waals surface area contributed by atoms with Gasteiger partial charge in [0, 0.05) is 0 Å². The van der Waals surface area contributed by atoms with E-state index < -0.39 is 17.9 Å². The van der Waals surface area contributed by atoms with Gasteiger partial charge in [-0.05, 0) is 6.08 Å². The predicted octanol–water partition coefficient (Wildman–Crippen LogP) is 4.63. The van der Waals surface area contributed by atoms with Gasteiger partial charge in [-0.1, -0.05) is 51.1 Å². The van der Waals surface area contributed by atoms with Gasteiger partial charge in [0.15, 0.2) is 0 Å². The summed E-state index contributed by atoms with van der Waals surface area (Å²) < 4.78 is -0.550. The van der Waals surface area contributed by atoms with Crippen LogP contribution in [0.1, 0.15) is 20.8 Å². The van der Waals surface area contributed by atoms with Crippen LogP contribution in [0.3, 0.4) is 0 Å². The zero-order valence-corrected chi connectivity index (χ0v) is 12.6. The van der Waals surface area contributed by atoms with Crippen LogP contribution in [0.25, 0.3) is 0 Å². The smallest absolute Gasteiger partial charge is 0.112 e. The molecule has 1 rings (SSSR count). The Morgan fingerprint density at radius 2 is 1.81 bits per heavy atom. The van der Waals surface area contributed by atoms with E-state index in [-0.39, 0.29) is 5.76 Å². The summed E-state index contributed by atoms with van der Waals surface area (Å²) >= 11 is 13.1. The van der Waals surface area contributed by atoms with Gasteiger partial charge < -0.3 is 5.11 Å². The molecule has 0 amide bonds. The largest absolute Gasteiger partial charge is 0.511 e. The highest BCUT2D eigenvalue weighted by Crippen LogP contribution is 2.46. The fourth-order valence-corrected chi connectivity index (χ4v) is 9.17. The molecule has 0 aliphatic heterocycles. The minimum absolute atomic E-state index is 0.200. The fourth-order valence-electron chi connectivity index (χ4n) is 2.68. The third kappa shape index (κ3) is 1.96. The van der Waals surface area contributed by atoms with Crippen molar-refractivity contribution in [3.8, 4) is 0 Å². The first-order valence-corrected chi connectivity index (χ1v) is 9.32. The summed E-state index contributed by atoms with van der Waals surface area (Å²) in [5, 5.41) is 9.30. The lowest BCUT2D eigenvalue weighted by molar-refractivity contribution is 0.385. The standard InChI is InChI=1S/C12H20Cl2OSi/c1-4-16(5-2,6-3)12(14)9-7-8-10(15)11(12)13/h7-9,11,15H,4-6H2,1-3H3. The molecule has 0 saturated carbocycles. The minimum atomic E-state index is -1.70. The molecule has 0 aromatic rings. The molecule has 0 spiro atoms. The molecule has 2 atom stereocenters. The molecule has 1 aliphatic rings. The van der Waals surface area contributed by atoms with Gasteiger partial charge in [-0.25, -0.2) is 0 Å². The third-order valence-corrected chi connectivity index (χ3v) is 12.6. The third-order valence-electron chi connectivity index (χ3n) is 4.08. The zero-order valence-electron chi connectivity index (χ0n) is 10.1. The molecule has 0 radical (unpaired) electrons. The van der Waals surface area contributed by atoms with E-state index in [2.05, 4.69) is 20.8 Å². The lowest BCUT2D eigenvalue weighted by atomic mass is 10.1. The van der Waals surface area contributed by atoms with Gasteiger partial charge in [-0.2, -0.15) is 0 Å². The van der Waals surface area contributed by atoms with Gasteiger partial charge in [-0.15, -0.1) is 23.2 Å². The van der Waals surface area contributed by atoms with E-state index in [1.165, 1.54) is 0 Å². The van der Waals surface area contributed by atoms with Crippen molar-refractivity contribution in [3.63, 3.8) is 0 Å². The van der Waals surface area contributed by atoms with Crippen LogP contribution >= 0.6 is 23.2 Å². The maximum atomic E-state index is 9.78. The molecular weight excluding hydrogens is 259 g/mol. The van der Waals surface area contributed by atoms with Crippen LogP contribution in [-0.2, 0) is 0 Å². The summed E-state index contributed by atoms with van der Waals surface area (Å²) in [5.74, 6) is 0.200. The molecular formula is C12H20Cl2OSi. The molecule has 2 unspecified atom stereocenters. The van der Waals surface area contributed by atoms with Crippen molar-refractivity contribution in [2.24, 2.45) is 0 Å². The number of halogens is 2. The molecule has 0 saturated heterocycles. The number of allylic oxidation sites excluding steroid dienone is 4. The normalized spacial score (nSPS) is 30.3. The Morgan fingerprint density at radius 3 is 2.25 bits per heavy atom. The first-order chi connectivity index (χ1) is 7.47. The Hall–Kier alpha value is 0.0769. The molecule has 0 heterocycles. The number of hydrogen-bond donors (Lipinski definition) is 1. The Kier molecular flexibility index (Phi) is 4.55. The maximum Gasteiger partial charge on any atom is 0.112 e. The first-order valence-electron chi connectivity index (χ1n) is 5.88. The summed E-state index contributed by atoms with van der Waals surface area (Å²) in [4.78, 5) is 0. The quantitative estimate of drug-likeness (QED) is 0.587. The SMILES string of the molecule is CC[Si](CC)(CC)C1(Cl)C=CC=C(O)C1Cl. The average molecular weight is 279 g/mol. The lowest BCUT2D eigenvalue weighted by Crippen LogP contribution is -2.58. The van der Waals surface area contributed by atoms with E-state index in [4.69, 9.17) is 23.2 Å². The van der Waals surface area contributed by atoms with E-state index in [1.54, 1.807) is 6.08 Å². The number of aliphatic hydroxyl groups excluding tert-OH is 1. The zero-order chi connectivity index (χ0) is 12.4. The van der Waals surface area contributed by atoms with Gasteiger partial charge in [-0.3, -0.25) is 0 Å². The Bertz CT molecular complexity index is 302. The molecule has 0 bridgehead atoms. The highest BCUT2D eigenvalue weighted by molar-refractivity contribution is 6.90. The van der Waals surface area contributed by atoms with Crippen molar-refractivity contribution >= 4 is 31.3 Å². The molecule has 4 heteroatoms. The molecule has 1 nitrogen and oxygen atoms in total. The number of hydrogen-bond acceptors (Lipinski definition) is 1. The molecule has 0 fully saturated rings.